The molecule has 2 aromatic heterocycles. The van der Waals surface area contributed by atoms with Crippen LogP contribution in [0.25, 0.3) is 16.7 Å². The van der Waals surface area contributed by atoms with Gasteiger partial charge in [-0.05, 0) is 31.2 Å². The van der Waals surface area contributed by atoms with Gasteiger partial charge in [-0.25, -0.2) is 4.39 Å². The average molecular weight is 406 g/mol. The Morgan fingerprint density at radius 1 is 0.967 bits per heavy atom. The number of aryl methyl sites for hydroxylation is 1. The van der Waals surface area contributed by atoms with Gasteiger partial charge >= 0.3 is 0 Å². The second-order valence-electron chi connectivity index (χ2n) is 7.53. The third kappa shape index (κ3) is 3.04. The van der Waals surface area contributed by atoms with Crippen LogP contribution in [0.3, 0.4) is 0 Å². The second-order valence-corrected chi connectivity index (χ2v) is 7.53. The van der Waals surface area contributed by atoms with E-state index < -0.39 is 0 Å². The summed E-state index contributed by atoms with van der Waals surface area (Å²) in [4.78, 5) is 17.2. The first-order valence-corrected chi connectivity index (χ1v) is 10.2. The quantitative estimate of drug-likeness (QED) is 0.521. The maximum Gasteiger partial charge on any atom is 0.262 e. The smallest absolute Gasteiger partial charge is 0.262 e. The summed E-state index contributed by atoms with van der Waals surface area (Å²) < 4.78 is 17.7. The third-order valence-corrected chi connectivity index (χ3v) is 5.82. The van der Waals surface area contributed by atoms with Gasteiger partial charge in [-0.1, -0.05) is 24.3 Å². The molecule has 8 heteroatoms. The molecule has 0 spiro atoms. The number of fused-ring (bicyclic) bond motifs is 3. The molecule has 0 saturated carbocycles. The van der Waals surface area contributed by atoms with Crippen LogP contribution in [0.1, 0.15) is 12.7 Å². The molecule has 0 unspecified atom stereocenters. The van der Waals surface area contributed by atoms with Crippen LogP contribution in [0.15, 0.2) is 53.3 Å². The Morgan fingerprint density at radius 2 is 1.70 bits per heavy atom. The van der Waals surface area contributed by atoms with Gasteiger partial charge in [0, 0.05) is 32.7 Å². The summed E-state index contributed by atoms with van der Waals surface area (Å²) in [6.45, 7) is 6.19. The lowest BCUT2D eigenvalue weighted by molar-refractivity contribution is 0.243. The number of nitrogens with zero attached hydrogens (tertiary/aromatic N) is 6. The van der Waals surface area contributed by atoms with Crippen molar-refractivity contribution in [2.24, 2.45) is 0 Å². The van der Waals surface area contributed by atoms with E-state index >= 15 is 0 Å². The standard InChI is InChI=1S/C22H23FN6O/c1-2-28-21(30)16-7-3-5-9-18(16)29-20(24-25-22(28)29)15-26-11-13-27(14-12-26)19-10-6-4-8-17(19)23/h3-10H,2,11-15H2,1H3. The molecule has 5 rings (SSSR count). The lowest BCUT2D eigenvalue weighted by atomic mass is 10.2. The zero-order chi connectivity index (χ0) is 20.7. The molecule has 3 heterocycles. The summed E-state index contributed by atoms with van der Waals surface area (Å²) in [6, 6.07) is 14.5. The zero-order valence-electron chi connectivity index (χ0n) is 16.8. The van der Waals surface area contributed by atoms with E-state index in [4.69, 9.17) is 0 Å². The molecule has 1 aliphatic heterocycles. The summed E-state index contributed by atoms with van der Waals surface area (Å²) >= 11 is 0. The van der Waals surface area contributed by atoms with E-state index in [1.807, 2.05) is 47.7 Å². The molecule has 1 aliphatic rings. The fraction of sp³-hybridized carbons (Fsp3) is 0.318. The minimum absolute atomic E-state index is 0.0435. The topological polar surface area (TPSA) is 58.7 Å². The summed E-state index contributed by atoms with van der Waals surface area (Å²) in [5.41, 5.74) is 1.44. The van der Waals surface area contributed by atoms with Crippen molar-refractivity contribution in [3.63, 3.8) is 0 Å². The van der Waals surface area contributed by atoms with Gasteiger partial charge in [0.05, 0.1) is 23.1 Å². The number of halogens is 1. The summed E-state index contributed by atoms with van der Waals surface area (Å²) in [7, 11) is 0. The first-order valence-electron chi connectivity index (χ1n) is 10.2. The molecule has 2 aromatic carbocycles. The highest BCUT2D eigenvalue weighted by atomic mass is 19.1. The maximum absolute atomic E-state index is 14.1. The normalized spacial score (nSPS) is 15.3. The van der Waals surface area contributed by atoms with E-state index in [0.29, 0.717) is 29.9 Å². The first kappa shape index (κ1) is 18.7. The van der Waals surface area contributed by atoms with Crippen molar-refractivity contribution in [1.29, 1.82) is 0 Å². The fourth-order valence-corrected chi connectivity index (χ4v) is 4.26. The molecule has 30 heavy (non-hydrogen) atoms. The molecule has 1 saturated heterocycles. The van der Waals surface area contributed by atoms with Gasteiger partial charge in [-0.3, -0.25) is 18.7 Å². The van der Waals surface area contributed by atoms with Crippen LogP contribution in [0.4, 0.5) is 10.1 Å². The lowest BCUT2D eigenvalue weighted by Crippen LogP contribution is -2.46. The van der Waals surface area contributed by atoms with Gasteiger partial charge in [0.25, 0.3) is 5.56 Å². The number of benzene rings is 2. The van der Waals surface area contributed by atoms with Crippen LogP contribution in [0.5, 0.6) is 0 Å². The number of hydrogen-bond donors (Lipinski definition) is 0. The van der Waals surface area contributed by atoms with Crippen LogP contribution in [-0.2, 0) is 13.1 Å². The molecular formula is C22H23FN6O. The van der Waals surface area contributed by atoms with Gasteiger partial charge in [0.2, 0.25) is 5.78 Å². The Balaban J connectivity index is 1.44. The van der Waals surface area contributed by atoms with E-state index in [2.05, 4.69) is 20.0 Å². The van der Waals surface area contributed by atoms with Crippen molar-refractivity contribution in [2.45, 2.75) is 20.0 Å². The second kappa shape index (κ2) is 7.53. The predicted molar refractivity (Wildman–Crippen MR) is 114 cm³/mol. The Bertz CT molecular complexity index is 1270. The minimum Gasteiger partial charge on any atom is -0.367 e. The Hall–Kier alpha value is -3.26. The average Bonchev–Trinajstić information content (AvgIpc) is 3.19. The van der Waals surface area contributed by atoms with Crippen molar-refractivity contribution in [1.82, 2.24) is 24.1 Å². The highest BCUT2D eigenvalue weighted by molar-refractivity contribution is 5.80. The number of rotatable bonds is 4. The number of para-hydroxylation sites is 2. The van der Waals surface area contributed by atoms with Gasteiger partial charge in [-0.2, -0.15) is 0 Å². The van der Waals surface area contributed by atoms with Gasteiger partial charge < -0.3 is 4.90 Å². The molecule has 0 bridgehead atoms. The van der Waals surface area contributed by atoms with Crippen LogP contribution in [0.2, 0.25) is 0 Å². The van der Waals surface area contributed by atoms with Gasteiger partial charge in [0.15, 0.2) is 5.82 Å². The van der Waals surface area contributed by atoms with E-state index in [1.54, 1.807) is 10.6 Å². The molecule has 0 N–H and O–H groups in total. The summed E-state index contributed by atoms with van der Waals surface area (Å²) in [5.74, 6) is 1.20. The molecule has 154 valence electrons. The highest BCUT2D eigenvalue weighted by Crippen LogP contribution is 2.21. The van der Waals surface area contributed by atoms with Crippen LogP contribution in [0, 0.1) is 5.82 Å². The monoisotopic (exact) mass is 406 g/mol. The van der Waals surface area contributed by atoms with Crippen molar-refractivity contribution < 1.29 is 4.39 Å². The maximum atomic E-state index is 14.1. The van der Waals surface area contributed by atoms with E-state index in [-0.39, 0.29) is 11.4 Å². The van der Waals surface area contributed by atoms with E-state index in [0.717, 1.165) is 37.5 Å². The molecular weight excluding hydrogens is 383 g/mol. The molecule has 0 atom stereocenters. The van der Waals surface area contributed by atoms with Crippen molar-refractivity contribution in [2.75, 3.05) is 31.1 Å². The Labute approximate surface area is 173 Å². The third-order valence-electron chi connectivity index (χ3n) is 5.82. The first-order chi connectivity index (χ1) is 14.7. The van der Waals surface area contributed by atoms with Crippen molar-refractivity contribution >= 4 is 22.4 Å². The molecule has 1 fully saturated rings. The number of aromatic nitrogens is 4. The summed E-state index contributed by atoms with van der Waals surface area (Å²) in [5, 5.41) is 9.41. The van der Waals surface area contributed by atoms with Gasteiger partial charge in [0.1, 0.15) is 5.82 Å². The number of piperazine rings is 1. The van der Waals surface area contributed by atoms with Crippen LogP contribution < -0.4 is 10.5 Å². The highest BCUT2D eigenvalue weighted by Gasteiger charge is 2.22. The summed E-state index contributed by atoms with van der Waals surface area (Å²) in [6.07, 6.45) is 0. The molecule has 4 aromatic rings. The number of hydrogen-bond acceptors (Lipinski definition) is 5. The molecule has 0 amide bonds. The van der Waals surface area contributed by atoms with E-state index in [9.17, 15) is 9.18 Å². The molecule has 0 aliphatic carbocycles. The van der Waals surface area contributed by atoms with E-state index in [1.165, 1.54) is 6.07 Å². The minimum atomic E-state index is -0.182. The largest absolute Gasteiger partial charge is 0.367 e. The zero-order valence-corrected chi connectivity index (χ0v) is 16.8. The number of anilines is 1. The predicted octanol–water partition coefficient (Wildman–Crippen LogP) is 2.53. The van der Waals surface area contributed by atoms with Crippen LogP contribution in [-0.4, -0.2) is 50.2 Å². The Kier molecular flexibility index (Phi) is 4.71. The Morgan fingerprint density at radius 3 is 2.47 bits per heavy atom. The lowest BCUT2D eigenvalue weighted by Gasteiger charge is -2.35. The van der Waals surface area contributed by atoms with Gasteiger partial charge in [-0.15, -0.1) is 10.2 Å². The van der Waals surface area contributed by atoms with Crippen molar-refractivity contribution in [3.05, 3.63) is 70.5 Å². The molecule has 7 nitrogen and oxygen atoms in total. The SMILES string of the molecule is CCn1c(=O)c2ccccc2n2c(CN3CCN(c4ccccc4F)CC3)nnc12. The fourth-order valence-electron chi connectivity index (χ4n) is 4.26. The van der Waals surface area contributed by atoms with Crippen LogP contribution >= 0.6 is 0 Å². The van der Waals surface area contributed by atoms with Crippen molar-refractivity contribution in [3.8, 4) is 0 Å². The molecule has 0 radical (unpaired) electrons.